The Morgan fingerprint density at radius 1 is 1.16 bits per heavy atom. The van der Waals surface area contributed by atoms with Crippen molar-refractivity contribution >= 4 is 44.2 Å². The second-order valence-corrected chi connectivity index (χ2v) is 6.81. The van der Waals surface area contributed by atoms with Gasteiger partial charge in [-0.05, 0) is 36.8 Å². The molecule has 126 valence electrons. The minimum absolute atomic E-state index is 0.216. The molecule has 0 amide bonds. The van der Waals surface area contributed by atoms with Crippen molar-refractivity contribution in [1.29, 1.82) is 0 Å². The van der Waals surface area contributed by atoms with Gasteiger partial charge in [-0.1, -0.05) is 17.7 Å². The third-order valence-electron chi connectivity index (χ3n) is 3.58. The number of ether oxygens (including phenoxy) is 1. The Hall–Kier alpha value is -2.38. The minimum atomic E-state index is -2.94. The molecule has 0 spiro atoms. The summed E-state index contributed by atoms with van der Waals surface area (Å²) in [7, 11) is 0. The normalized spacial score (nSPS) is 11.6. The van der Waals surface area contributed by atoms with Crippen molar-refractivity contribution in [3.63, 3.8) is 0 Å². The summed E-state index contributed by atoms with van der Waals surface area (Å²) in [6.45, 7) is -1.05. The number of hydrogen-bond acceptors (Lipinski definition) is 5. The maximum atomic E-state index is 12.4. The van der Waals surface area contributed by atoms with Gasteiger partial charge in [-0.3, -0.25) is 0 Å². The van der Waals surface area contributed by atoms with Crippen LogP contribution in [0.2, 0.25) is 5.02 Å². The van der Waals surface area contributed by atoms with Crippen LogP contribution in [0.15, 0.2) is 36.5 Å². The highest BCUT2D eigenvalue weighted by molar-refractivity contribution is 7.21. The summed E-state index contributed by atoms with van der Waals surface area (Å²) < 4.78 is 30.1. The summed E-state index contributed by atoms with van der Waals surface area (Å²) >= 11 is 7.69. The van der Waals surface area contributed by atoms with Crippen LogP contribution in [0.25, 0.3) is 31.8 Å². The lowest BCUT2D eigenvalue weighted by molar-refractivity contribution is -0.0528. The number of benzene rings is 2. The van der Waals surface area contributed by atoms with E-state index in [0.717, 1.165) is 26.4 Å². The predicted octanol–water partition coefficient (Wildman–Crippen LogP) is 5.47. The topological polar surface area (TPSA) is 47.9 Å². The number of aryl methyl sites for hydroxylation is 1. The number of rotatable bonds is 3. The van der Waals surface area contributed by atoms with E-state index in [-0.39, 0.29) is 5.88 Å². The molecule has 4 rings (SSSR count). The van der Waals surface area contributed by atoms with Crippen molar-refractivity contribution < 1.29 is 13.5 Å². The molecule has 2 aromatic carbocycles. The van der Waals surface area contributed by atoms with Gasteiger partial charge >= 0.3 is 6.61 Å². The standard InChI is InChI=1S/C17H10ClF2N3OS/c1-8-5-9(16-23-15-10(18)3-2-4-12(15)25-16)14-11(6-8)22-13(7-21-14)24-17(19)20/h2-7,17H,1H3. The largest absolute Gasteiger partial charge is 0.415 e. The van der Waals surface area contributed by atoms with E-state index < -0.39 is 6.61 Å². The number of fused-ring (bicyclic) bond motifs is 2. The molecule has 0 fully saturated rings. The van der Waals surface area contributed by atoms with Gasteiger partial charge in [-0.2, -0.15) is 8.78 Å². The zero-order valence-corrected chi connectivity index (χ0v) is 14.4. The Kier molecular flexibility index (Phi) is 3.97. The molecule has 2 heterocycles. The Labute approximate surface area is 150 Å². The maximum absolute atomic E-state index is 12.4. The van der Waals surface area contributed by atoms with Gasteiger partial charge in [0.2, 0.25) is 5.88 Å². The maximum Gasteiger partial charge on any atom is 0.388 e. The Bertz CT molecular complexity index is 1100. The average Bonchev–Trinajstić information content (AvgIpc) is 2.98. The minimum Gasteiger partial charge on any atom is -0.415 e. The molecule has 0 aliphatic heterocycles. The molecule has 0 aliphatic rings. The molecule has 25 heavy (non-hydrogen) atoms. The van der Waals surface area contributed by atoms with Gasteiger partial charge < -0.3 is 4.74 Å². The van der Waals surface area contributed by atoms with Gasteiger partial charge in [0.15, 0.2) is 0 Å². The Balaban J connectivity index is 1.92. The summed E-state index contributed by atoms with van der Waals surface area (Å²) in [5.41, 5.74) is 3.46. The molecular formula is C17H10ClF2N3OS. The number of para-hydroxylation sites is 1. The molecule has 8 heteroatoms. The number of nitrogens with zero attached hydrogens (tertiary/aromatic N) is 3. The van der Waals surface area contributed by atoms with E-state index in [2.05, 4.69) is 19.7 Å². The first kappa shape index (κ1) is 16.1. The highest BCUT2D eigenvalue weighted by Crippen LogP contribution is 2.36. The highest BCUT2D eigenvalue weighted by Gasteiger charge is 2.15. The van der Waals surface area contributed by atoms with E-state index in [4.69, 9.17) is 11.6 Å². The summed E-state index contributed by atoms with van der Waals surface area (Å²) in [5, 5.41) is 1.32. The van der Waals surface area contributed by atoms with Crippen LogP contribution < -0.4 is 4.74 Å². The summed E-state index contributed by atoms with van der Waals surface area (Å²) in [4.78, 5) is 13.0. The van der Waals surface area contributed by atoms with Gasteiger partial charge in [-0.15, -0.1) is 11.3 Å². The van der Waals surface area contributed by atoms with Crippen LogP contribution in [0.1, 0.15) is 5.56 Å². The molecule has 0 saturated heterocycles. The fraction of sp³-hybridized carbons (Fsp3) is 0.118. The molecular weight excluding hydrogens is 368 g/mol. The van der Waals surface area contributed by atoms with Crippen molar-refractivity contribution in [1.82, 2.24) is 15.0 Å². The van der Waals surface area contributed by atoms with Gasteiger partial charge in [0.05, 0.1) is 27.0 Å². The first-order valence-corrected chi connectivity index (χ1v) is 8.48. The molecule has 0 unspecified atom stereocenters. The molecule has 0 atom stereocenters. The molecule has 0 bridgehead atoms. The fourth-order valence-corrected chi connectivity index (χ4v) is 3.87. The van der Waals surface area contributed by atoms with E-state index in [9.17, 15) is 8.78 Å². The first-order chi connectivity index (χ1) is 12.0. The SMILES string of the molecule is Cc1cc(-c2nc3c(Cl)cccc3s2)c2ncc(OC(F)F)nc2c1. The number of halogens is 3. The van der Waals surface area contributed by atoms with Gasteiger partial charge in [-0.25, -0.2) is 15.0 Å². The van der Waals surface area contributed by atoms with Gasteiger partial charge in [0.25, 0.3) is 0 Å². The molecule has 2 aromatic heterocycles. The van der Waals surface area contributed by atoms with Crippen LogP contribution in [-0.2, 0) is 0 Å². The smallest absolute Gasteiger partial charge is 0.388 e. The van der Waals surface area contributed by atoms with Crippen LogP contribution in [0.3, 0.4) is 0 Å². The number of alkyl halides is 2. The lowest BCUT2D eigenvalue weighted by atomic mass is 10.1. The lowest BCUT2D eigenvalue weighted by Gasteiger charge is -2.07. The van der Waals surface area contributed by atoms with Crippen molar-refractivity contribution in [3.8, 4) is 16.5 Å². The van der Waals surface area contributed by atoms with Crippen LogP contribution in [0.5, 0.6) is 5.88 Å². The number of hydrogen-bond donors (Lipinski definition) is 0. The molecule has 0 aliphatic carbocycles. The monoisotopic (exact) mass is 377 g/mol. The van der Waals surface area contributed by atoms with Gasteiger partial charge in [0.1, 0.15) is 10.5 Å². The molecule has 4 aromatic rings. The summed E-state index contributed by atoms with van der Waals surface area (Å²) in [5.74, 6) is -0.216. The van der Waals surface area contributed by atoms with Crippen LogP contribution in [0.4, 0.5) is 8.78 Å². The third-order valence-corrected chi connectivity index (χ3v) is 4.94. The number of aromatic nitrogens is 3. The van der Waals surface area contributed by atoms with Gasteiger partial charge in [0, 0.05) is 5.56 Å². The zero-order chi connectivity index (χ0) is 17.6. The fourth-order valence-electron chi connectivity index (χ4n) is 2.59. The van der Waals surface area contributed by atoms with Crippen LogP contribution in [0, 0.1) is 6.92 Å². The van der Waals surface area contributed by atoms with Crippen LogP contribution in [-0.4, -0.2) is 21.6 Å². The molecule has 0 N–H and O–H groups in total. The predicted molar refractivity (Wildman–Crippen MR) is 94.5 cm³/mol. The van der Waals surface area contributed by atoms with Crippen molar-refractivity contribution in [3.05, 3.63) is 47.1 Å². The van der Waals surface area contributed by atoms with E-state index >= 15 is 0 Å². The van der Waals surface area contributed by atoms with E-state index in [1.165, 1.54) is 17.5 Å². The second kappa shape index (κ2) is 6.16. The van der Waals surface area contributed by atoms with Crippen molar-refractivity contribution in [2.24, 2.45) is 0 Å². The van der Waals surface area contributed by atoms with Crippen molar-refractivity contribution in [2.45, 2.75) is 13.5 Å². The first-order valence-electron chi connectivity index (χ1n) is 7.29. The van der Waals surface area contributed by atoms with E-state index in [1.807, 2.05) is 25.1 Å². The Morgan fingerprint density at radius 2 is 2.00 bits per heavy atom. The number of thiazole rings is 1. The van der Waals surface area contributed by atoms with Crippen LogP contribution >= 0.6 is 22.9 Å². The average molecular weight is 378 g/mol. The third kappa shape index (κ3) is 3.01. The van der Waals surface area contributed by atoms with E-state index in [0.29, 0.717) is 16.1 Å². The molecule has 4 nitrogen and oxygen atoms in total. The summed E-state index contributed by atoms with van der Waals surface area (Å²) in [6.07, 6.45) is 1.19. The molecule has 0 saturated carbocycles. The molecule has 0 radical (unpaired) electrons. The Morgan fingerprint density at radius 3 is 2.76 bits per heavy atom. The highest BCUT2D eigenvalue weighted by atomic mass is 35.5. The summed E-state index contributed by atoms with van der Waals surface area (Å²) in [6, 6.07) is 9.31. The second-order valence-electron chi connectivity index (χ2n) is 5.37. The lowest BCUT2D eigenvalue weighted by Crippen LogP contribution is -2.04. The van der Waals surface area contributed by atoms with E-state index in [1.54, 1.807) is 12.1 Å². The zero-order valence-electron chi connectivity index (χ0n) is 12.8. The quantitative estimate of drug-likeness (QED) is 0.475. The van der Waals surface area contributed by atoms with Crippen molar-refractivity contribution in [2.75, 3.05) is 0 Å².